The number of rotatable bonds is 6. The molecule has 0 aromatic heterocycles. The molecule has 1 aliphatic carbocycles. The van der Waals surface area contributed by atoms with Crippen LogP contribution in [0.15, 0.2) is 24.3 Å². The van der Waals surface area contributed by atoms with Gasteiger partial charge in [0.1, 0.15) is 0 Å². The summed E-state index contributed by atoms with van der Waals surface area (Å²) < 4.78 is 0. The van der Waals surface area contributed by atoms with Crippen molar-refractivity contribution in [2.45, 2.75) is 70.9 Å². The van der Waals surface area contributed by atoms with Crippen molar-refractivity contribution < 1.29 is 9.59 Å². The van der Waals surface area contributed by atoms with E-state index in [2.05, 4.69) is 41.8 Å². The topological polar surface area (TPSA) is 61.4 Å². The summed E-state index contributed by atoms with van der Waals surface area (Å²) in [6, 6.07) is 8.53. The van der Waals surface area contributed by atoms with Crippen LogP contribution < -0.4 is 10.6 Å². The first-order chi connectivity index (χ1) is 13.6. The summed E-state index contributed by atoms with van der Waals surface area (Å²) in [5.74, 6) is 0.393. The van der Waals surface area contributed by atoms with Gasteiger partial charge in [0.15, 0.2) is 0 Å². The van der Waals surface area contributed by atoms with Gasteiger partial charge < -0.3 is 15.5 Å². The van der Waals surface area contributed by atoms with Gasteiger partial charge in [-0.05, 0) is 37.3 Å². The Morgan fingerprint density at radius 1 is 1.17 bits per heavy atom. The Morgan fingerprint density at radius 3 is 2.52 bits per heavy atom. The molecule has 0 spiro atoms. The van der Waals surface area contributed by atoms with Crippen LogP contribution >= 0.6 is 12.4 Å². The zero-order valence-electron chi connectivity index (χ0n) is 17.8. The van der Waals surface area contributed by atoms with Gasteiger partial charge >= 0.3 is 0 Å². The summed E-state index contributed by atoms with van der Waals surface area (Å²) in [6.07, 6.45) is 6.88. The molecule has 1 aromatic carbocycles. The van der Waals surface area contributed by atoms with E-state index in [1.807, 2.05) is 11.8 Å². The van der Waals surface area contributed by atoms with Crippen LogP contribution in [0.5, 0.6) is 0 Å². The minimum atomic E-state index is -0.125. The van der Waals surface area contributed by atoms with Crippen molar-refractivity contribution in [3.05, 3.63) is 35.4 Å². The summed E-state index contributed by atoms with van der Waals surface area (Å²) in [5.41, 5.74) is 2.49. The molecular formula is C23H36ClN3O2. The number of benzene rings is 1. The summed E-state index contributed by atoms with van der Waals surface area (Å²) in [4.78, 5) is 27.5. The normalized spacial score (nSPS) is 21.2. The molecule has 2 fully saturated rings. The van der Waals surface area contributed by atoms with Gasteiger partial charge in [-0.25, -0.2) is 0 Å². The number of carbonyl (C=O) groups excluding carboxylic acids is 2. The summed E-state index contributed by atoms with van der Waals surface area (Å²) in [5, 5.41) is 6.50. The Morgan fingerprint density at radius 2 is 1.86 bits per heavy atom. The molecular weight excluding hydrogens is 386 g/mol. The fraction of sp³-hybridized carbons (Fsp3) is 0.652. The summed E-state index contributed by atoms with van der Waals surface area (Å²) in [6.45, 7) is 6.41. The van der Waals surface area contributed by atoms with Crippen LogP contribution in [0.1, 0.15) is 69.5 Å². The third-order valence-corrected chi connectivity index (χ3v) is 6.18. The van der Waals surface area contributed by atoms with Crippen LogP contribution in [0.25, 0.3) is 0 Å². The third-order valence-electron chi connectivity index (χ3n) is 6.18. The quantitative estimate of drug-likeness (QED) is 0.737. The molecule has 6 heteroatoms. The minimum absolute atomic E-state index is 0. The van der Waals surface area contributed by atoms with Crippen molar-refractivity contribution in [3.8, 4) is 0 Å². The SMILES string of the molecule is CCc1ccc(C2CNCCN2C(=O)CC(C)NC(=O)C2CCCCC2)cc1.Cl. The second kappa shape index (κ2) is 11.6. The van der Waals surface area contributed by atoms with Crippen LogP contribution in [0.4, 0.5) is 0 Å². The minimum Gasteiger partial charge on any atom is -0.353 e. The molecule has 162 valence electrons. The zero-order valence-corrected chi connectivity index (χ0v) is 18.6. The van der Waals surface area contributed by atoms with Gasteiger partial charge in [-0.1, -0.05) is 50.5 Å². The lowest BCUT2D eigenvalue weighted by molar-refractivity contribution is -0.135. The molecule has 2 amide bonds. The van der Waals surface area contributed by atoms with Crippen LogP contribution in [0, 0.1) is 5.92 Å². The zero-order chi connectivity index (χ0) is 19.9. The van der Waals surface area contributed by atoms with Gasteiger partial charge in [0.25, 0.3) is 0 Å². The van der Waals surface area contributed by atoms with Gasteiger partial charge in [0, 0.05) is 38.0 Å². The fourth-order valence-electron chi connectivity index (χ4n) is 4.43. The second-order valence-corrected chi connectivity index (χ2v) is 8.35. The third kappa shape index (κ3) is 6.45. The standard InChI is InChI=1S/C23H35N3O2.ClH/c1-3-18-9-11-19(12-10-18)21-16-24-13-14-26(21)22(27)15-17(2)25-23(28)20-7-5-4-6-8-20;/h9-12,17,20-21,24H,3-8,13-16H2,1-2H3,(H,25,28);1H. The number of hydrogen-bond acceptors (Lipinski definition) is 3. The van der Waals surface area contributed by atoms with Crippen molar-refractivity contribution in [2.75, 3.05) is 19.6 Å². The second-order valence-electron chi connectivity index (χ2n) is 8.35. The van der Waals surface area contributed by atoms with E-state index in [1.165, 1.54) is 17.5 Å². The molecule has 2 aliphatic rings. The Labute approximate surface area is 181 Å². The highest BCUT2D eigenvalue weighted by Gasteiger charge is 2.29. The molecule has 0 radical (unpaired) electrons. The molecule has 1 saturated heterocycles. The van der Waals surface area contributed by atoms with Gasteiger partial charge in [0.05, 0.1) is 6.04 Å². The Bertz CT molecular complexity index is 659. The number of carbonyl (C=O) groups is 2. The van der Waals surface area contributed by atoms with E-state index in [1.54, 1.807) is 0 Å². The maximum Gasteiger partial charge on any atom is 0.225 e. The lowest BCUT2D eigenvalue weighted by Gasteiger charge is -2.37. The first-order valence-electron chi connectivity index (χ1n) is 11.0. The highest BCUT2D eigenvalue weighted by molar-refractivity contribution is 5.85. The van der Waals surface area contributed by atoms with E-state index >= 15 is 0 Å². The van der Waals surface area contributed by atoms with E-state index in [-0.39, 0.29) is 42.2 Å². The van der Waals surface area contributed by atoms with Gasteiger partial charge in [-0.15, -0.1) is 12.4 Å². The number of nitrogens with zero attached hydrogens (tertiary/aromatic N) is 1. The Balaban J connectivity index is 0.00000300. The van der Waals surface area contributed by atoms with Crippen LogP contribution in [0.2, 0.25) is 0 Å². The van der Waals surface area contributed by atoms with Crippen molar-refractivity contribution in [1.29, 1.82) is 0 Å². The molecule has 1 aliphatic heterocycles. The maximum absolute atomic E-state index is 13.0. The molecule has 2 atom stereocenters. The largest absolute Gasteiger partial charge is 0.353 e. The number of amides is 2. The maximum atomic E-state index is 13.0. The number of piperazine rings is 1. The smallest absolute Gasteiger partial charge is 0.225 e. The van der Waals surface area contributed by atoms with Crippen molar-refractivity contribution in [3.63, 3.8) is 0 Å². The number of nitrogens with one attached hydrogen (secondary N) is 2. The predicted molar refractivity (Wildman–Crippen MR) is 119 cm³/mol. The lowest BCUT2D eigenvalue weighted by atomic mass is 9.88. The highest BCUT2D eigenvalue weighted by Crippen LogP contribution is 2.25. The van der Waals surface area contributed by atoms with Crippen molar-refractivity contribution >= 4 is 24.2 Å². The molecule has 1 heterocycles. The average molecular weight is 422 g/mol. The molecule has 1 saturated carbocycles. The first-order valence-corrected chi connectivity index (χ1v) is 11.0. The molecule has 0 bridgehead atoms. The monoisotopic (exact) mass is 421 g/mol. The summed E-state index contributed by atoms with van der Waals surface area (Å²) in [7, 11) is 0. The molecule has 29 heavy (non-hydrogen) atoms. The fourth-order valence-corrected chi connectivity index (χ4v) is 4.43. The van der Waals surface area contributed by atoms with E-state index < -0.39 is 0 Å². The van der Waals surface area contributed by atoms with E-state index in [0.29, 0.717) is 13.0 Å². The average Bonchev–Trinajstić information content (AvgIpc) is 2.74. The van der Waals surface area contributed by atoms with E-state index in [0.717, 1.165) is 45.2 Å². The Hall–Kier alpha value is -1.59. The van der Waals surface area contributed by atoms with Crippen molar-refractivity contribution in [2.24, 2.45) is 5.92 Å². The number of aryl methyl sites for hydroxylation is 1. The highest BCUT2D eigenvalue weighted by atomic mass is 35.5. The van der Waals surface area contributed by atoms with Gasteiger partial charge in [0.2, 0.25) is 11.8 Å². The number of hydrogen-bond donors (Lipinski definition) is 2. The van der Waals surface area contributed by atoms with Gasteiger partial charge in [-0.3, -0.25) is 9.59 Å². The van der Waals surface area contributed by atoms with Crippen molar-refractivity contribution in [1.82, 2.24) is 15.5 Å². The molecule has 2 unspecified atom stereocenters. The lowest BCUT2D eigenvalue weighted by Crippen LogP contribution is -2.50. The van der Waals surface area contributed by atoms with Gasteiger partial charge in [-0.2, -0.15) is 0 Å². The van der Waals surface area contributed by atoms with Crippen LogP contribution in [0.3, 0.4) is 0 Å². The van der Waals surface area contributed by atoms with Crippen LogP contribution in [-0.2, 0) is 16.0 Å². The Kier molecular flexibility index (Phi) is 9.44. The van der Waals surface area contributed by atoms with E-state index in [4.69, 9.17) is 0 Å². The van der Waals surface area contributed by atoms with E-state index in [9.17, 15) is 9.59 Å². The predicted octanol–water partition coefficient (Wildman–Crippen LogP) is 3.62. The molecule has 2 N–H and O–H groups in total. The summed E-state index contributed by atoms with van der Waals surface area (Å²) >= 11 is 0. The van der Waals surface area contributed by atoms with Crippen LogP contribution in [-0.4, -0.2) is 42.4 Å². The molecule has 5 nitrogen and oxygen atoms in total. The molecule has 3 rings (SSSR count). The molecule has 1 aromatic rings. The first kappa shape index (κ1) is 23.7. The number of halogens is 1.